The van der Waals surface area contributed by atoms with Crippen LogP contribution in [0.2, 0.25) is 0 Å². The third-order valence-corrected chi connectivity index (χ3v) is 4.84. The zero-order chi connectivity index (χ0) is 19.6. The van der Waals surface area contributed by atoms with Crippen LogP contribution in [-0.2, 0) is 11.3 Å². The van der Waals surface area contributed by atoms with Gasteiger partial charge in [-0.15, -0.1) is 0 Å². The smallest absolute Gasteiger partial charge is 0.251 e. The van der Waals surface area contributed by atoms with Gasteiger partial charge in [0.05, 0.1) is 11.7 Å². The van der Waals surface area contributed by atoms with Crippen LogP contribution in [0.4, 0.5) is 5.69 Å². The van der Waals surface area contributed by atoms with Crippen LogP contribution in [0.1, 0.15) is 42.3 Å². The quantitative estimate of drug-likeness (QED) is 0.716. The number of rotatable bonds is 4. The number of hydrogen-bond donors (Lipinski definition) is 2. The van der Waals surface area contributed by atoms with Crippen molar-refractivity contribution in [3.8, 4) is 0 Å². The number of hydrogen-bond acceptors (Lipinski definition) is 5. The molecule has 7 heteroatoms. The number of nitrogens with zero attached hydrogens (tertiary/aromatic N) is 2. The van der Waals surface area contributed by atoms with Crippen LogP contribution in [0.5, 0.6) is 0 Å². The summed E-state index contributed by atoms with van der Waals surface area (Å²) in [6, 6.07) is 11.1. The number of carbonyl (C=O) groups excluding carboxylic acids is 2. The van der Waals surface area contributed by atoms with Gasteiger partial charge in [0.15, 0.2) is 0 Å². The lowest BCUT2D eigenvalue weighted by atomic mass is 9.95. The Morgan fingerprint density at radius 1 is 1.07 bits per heavy atom. The molecule has 0 spiro atoms. The lowest BCUT2D eigenvalue weighted by Crippen LogP contribution is -2.28. The van der Waals surface area contributed by atoms with E-state index in [0.29, 0.717) is 17.8 Å². The highest BCUT2D eigenvalue weighted by molar-refractivity contribution is 7.00. The van der Waals surface area contributed by atoms with Gasteiger partial charge in [-0.1, -0.05) is 32.9 Å². The van der Waals surface area contributed by atoms with Gasteiger partial charge in [0.25, 0.3) is 5.91 Å². The lowest BCUT2D eigenvalue weighted by molar-refractivity contribution is -0.123. The van der Waals surface area contributed by atoms with Gasteiger partial charge in [-0.25, -0.2) is 0 Å². The number of carbonyl (C=O) groups is 2. The molecule has 2 amide bonds. The molecule has 3 aromatic rings. The van der Waals surface area contributed by atoms with Gasteiger partial charge in [-0.05, 0) is 42.3 Å². The Balaban J connectivity index is 1.72. The summed E-state index contributed by atoms with van der Waals surface area (Å²) in [5, 5.41) is 5.83. The average Bonchev–Trinajstić information content (AvgIpc) is 3.08. The molecule has 0 aliphatic rings. The highest BCUT2D eigenvalue weighted by Crippen LogP contribution is 2.23. The van der Waals surface area contributed by atoms with Crippen molar-refractivity contribution in [1.29, 1.82) is 0 Å². The Labute approximate surface area is 162 Å². The minimum atomic E-state index is -0.506. The van der Waals surface area contributed by atoms with Crippen LogP contribution in [0.25, 0.3) is 11.0 Å². The molecule has 0 bridgehead atoms. The Morgan fingerprint density at radius 2 is 1.81 bits per heavy atom. The first-order valence-corrected chi connectivity index (χ1v) is 9.39. The van der Waals surface area contributed by atoms with Crippen molar-refractivity contribution < 1.29 is 9.59 Å². The molecule has 1 aromatic heterocycles. The zero-order valence-electron chi connectivity index (χ0n) is 15.8. The maximum atomic E-state index is 12.6. The Morgan fingerprint density at radius 3 is 2.56 bits per heavy atom. The SMILES string of the molecule is Cc1c(NC(=O)C(C)(C)C)cccc1C(=O)NCc1ccc2nsnc2c1. The Kier molecular flexibility index (Phi) is 5.23. The largest absolute Gasteiger partial charge is 0.348 e. The lowest BCUT2D eigenvalue weighted by Gasteiger charge is -2.19. The summed E-state index contributed by atoms with van der Waals surface area (Å²) in [5.41, 5.74) is 4.07. The van der Waals surface area contributed by atoms with Crippen molar-refractivity contribution in [2.45, 2.75) is 34.2 Å². The predicted molar refractivity (Wildman–Crippen MR) is 108 cm³/mol. The van der Waals surface area contributed by atoms with Gasteiger partial charge in [0, 0.05) is 23.2 Å². The molecule has 0 aliphatic heterocycles. The van der Waals surface area contributed by atoms with Crippen molar-refractivity contribution in [1.82, 2.24) is 14.1 Å². The van der Waals surface area contributed by atoms with Crippen LogP contribution in [0.15, 0.2) is 36.4 Å². The highest BCUT2D eigenvalue weighted by atomic mass is 32.1. The fourth-order valence-electron chi connectivity index (χ4n) is 2.54. The van der Waals surface area contributed by atoms with E-state index in [1.807, 2.05) is 45.9 Å². The monoisotopic (exact) mass is 382 g/mol. The van der Waals surface area contributed by atoms with Gasteiger partial charge in [-0.2, -0.15) is 8.75 Å². The summed E-state index contributed by atoms with van der Waals surface area (Å²) in [6.07, 6.45) is 0. The minimum absolute atomic E-state index is 0.0895. The molecule has 0 saturated carbocycles. The van der Waals surface area contributed by atoms with Crippen molar-refractivity contribution in [3.63, 3.8) is 0 Å². The van der Waals surface area contributed by atoms with E-state index in [4.69, 9.17) is 0 Å². The maximum absolute atomic E-state index is 12.6. The van der Waals surface area contributed by atoms with Crippen molar-refractivity contribution in [2.75, 3.05) is 5.32 Å². The second-order valence-electron chi connectivity index (χ2n) is 7.45. The number of anilines is 1. The van der Waals surface area contributed by atoms with Crippen LogP contribution >= 0.6 is 11.7 Å². The van der Waals surface area contributed by atoms with Crippen LogP contribution < -0.4 is 10.6 Å². The minimum Gasteiger partial charge on any atom is -0.348 e. The molecular formula is C20H22N4O2S. The third-order valence-electron chi connectivity index (χ3n) is 4.28. The van der Waals surface area contributed by atoms with Crippen molar-refractivity contribution in [3.05, 3.63) is 53.1 Å². The molecule has 0 radical (unpaired) electrons. The van der Waals surface area contributed by atoms with Crippen LogP contribution in [0.3, 0.4) is 0 Å². The number of amides is 2. The molecule has 6 nitrogen and oxygen atoms in total. The molecule has 2 aromatic carbocycles. The first-order valence-electron chi connectivity index (χ1n) is 8.66. The summed E-state index contributed by atoms with van der Waals surface area (Å²) in [5.74, 6) is -0.274. The molecule has 0 unspecified atom stereocenters. The van der Waals surface area contributed by atoms with E-state index < -0.39 is 5.41 Å². The van der Waals surface area contributed by atoms with Crippen molar-refractivity contribution in [2.24, 2.45) is 5.41 Å². The zero-order valence-corrected chi connectivity index (χ0v) is 16.6. The number of nitrogens with one attached hydrogen (secondary N) is 2. The molecule has 27 heavy (non-hydrogen) atoms. The van der Waals surface area contributed by atoms with E-state index >= 15 is 0 Å². The topological polar surface area (TPSA) is 84.0 Å². The molecule has 0 fully saturated rings. The second kappa shape index (κ2) is 7.44. The first-order chi connectivity index (χ1) is 12.8. The Bertz CT molecular complexity index is 1000. The van der Waals surface area contributed by atoms with E-state index in [-0.39, 0.29) is 11.8 Å². The maximum Gasteiger partial charge on any atom is 0.251 e. The molecule has 0 atom stereocenters. The molecule has 3 rings (SSSR count). The van der Waals surface area contributed by atoms with E-state index in [1.54, 1.807) is 18.2 Å². The third kappa shape index (κ3) is 4.31. The number of benzene rings is 2. The van der Waals surface area contributed by atoms with E-state index in [0.717, 1.165) is 22.2 Å². The second-order valence-corrected chi connectivity index (χ2v) is 7.98. The van der Waals surface area contributed by atoms with E-state index in [1.165, 1.54) is 11.7 Å². The van der Waals surface area contributed by atoms with Gasteiger partial charge < -0.3 is 10.6 Å². The fraction of sp³-hybridized carbons (Fsp3) is 0.300. The molecular weight excluding hydrogens is 360 g/mol. The average molecular weight is 382 g/mol. The van der Waals surface area contributed by atoms with Crippen LogP contribution in [0, 0.1) is 12.3 Å². The van der Waals surface area contributed by atoms with Gasteiger partial charge in [0.1, 0.15) is 11.0 Å². The molecule has 140 valence electrons. The summed E-state index contributed by atoms with van der Waals surface area (Å²) in [6.45, 7) is 7.78. The van der Waals surface area contributed by atoms with Crippen molar-refractivity contribution >= 4 is 40.3 Å². The summed E-state index contributed by atoms with van der Waals surface area (Å²) >= 11 is 1.17. The molecule has 0 aliphatic carbocycles. The van der Waals surface area contributed by atoms with E-state index in [9.17, 15) is 9.59 Å². The summed E-state index contributed by atoms with van der Waals surface area (Å²) < 4.78 is 8.39. The van der Waals surface area contributed by atoms with Crippen LogP contribution in [-0.4, -0.2) is 20.6 Å². The normalized spacial score (nSPS) is 11.4. The number of fused-ring (bicyclic) bond motifs is 1. The standard InChI is InChI=1S/C20H22N4O2S/c1-12-14(6-5-7-15(12)22-19(26)20(2,3)4)18(25)21-11-13-8-9-16-17(10-13)24-27-23-16/h5-10H,11H2,1-4H3,(H,21,25)(H,22,26). The summed E-state index contributed by atoms with van der Waals surface area (Å²) in [4.78, 5) is 24.9. The molecule has 2 N–H and O–H groups in total. The predicted octanol–water partition coefficient (Wildman–Crippen LogP) is 3.91. The van der Waals surface area contributed by atoms with Gasteiger partial charge in [0.2, 0.25) is 5.91 Å². The summed E-state index contributed by atoms with van der Waals surface area (Å²) in [7, 11) is 0. The fourth-order valence-corrected chi connectivity index (χ4v) is 3.06. The van der Waals surface area contributed by atoms with E-state index in [2.05, 4.69) is 19.4 Å². The molecule has 1 heterocycles. The number of aromatic nitrogens is 2. The molecule has 0 saturated heterocycles. The Hall–Kier alpha value is -2.80. The highest BCUT2D eigenvalue weighted by Gasteiger charge is 2.22. The van der Waals surface area contributed by atoms with Gasteiger partial charge in [-0.3, -0.25) is 9.59 Å². The van der Waals surface area contributed by atoms with Gasteiger partial charge >= 0.3 is 0 Å². The first kappa shape index (κ1) is 19.0.